The third-order valence-corrected chi connectivity index (χ3v) is 12.5. The summed E-state index contributed by atoms with van der Waals surface area (Å²) in [6.45, 7) is 6.46. The Morgan fingerprint density at radius 3 is 2.51 bits per heavy atom. The molecule has 1 aromatic rings. The van der Waals surface area contributed by atoms with Crippen LogP contribution in [0, 0.1) is 32.2 Å². The quantitative estimate of drug-likeness (QED) is 0.108. The number of halogens is 1. The van der Waals surface area contributed by atoms with Crippen LogP contribution in [0.25, 0.3) is 0 Å². The number of ether oxygens (including phenoxy) is 2. The monoisotopic (exact) mass is 698 g/mol. The van der Waals surface area contributed by atoms with Crippen molar-refractivity contribution in [3.8, 4) is 0 Å². The van der Waals surface area contributed by atoms with Gasteiger partial charge in [-0.2, -0.15) is 0 Å². The molecule has 5 rings (SSSR count). The molecule has 7 nitrogen and oxygen atoms in total. The van der Waals surface area contributed by atoms with Crippen molar-refractivity contribution in [2.75, 3.05) is 20.3 Å². The van der Waals surface area contributed by atoms with Crippen molar-refractivity contribution >= 4 is 43.1 Å². The van der Waals surface area contributed by atoms with Gasteiger partial charge in [0, 0.05) is 36.4 Å². The lowest BCUT2D eigenvalue weighted by atomic mass is 9.47. The van der Waals surface area contributed by atoms with Crippen molar-refractivity contribution in [1.82, 2.24) is 0 Å². The minimum absolute atomic E-state index is 0.00191. The van der Waals surface area contributed by atoms with Crippen LogP contribution in [0.4, 0.5) is 0 Å². The van der Waals surface area contributed by atoms with Gasteiger partial charge in [0.25, 0.3) is 0 Å². The molecule has 0 saturated heterocycles. The van der Waals surface area contributed by atoms with E-state index in [2.05, 4.69) is 47.7 Å². The molecule has 0 aromatic heterocycles. The Balaban J connectivity index is 1.29. The molecule has 8 atom stereocenters. The fourth-order valence-corrected chi connectivity index (χ4v) is 10.1. The van der Waals surface area contributed by atoms with Crippen LogP contribution in [-0.4, -0.2) is 44.5 Å². The Morgan fingerprint density at radius 1 is 1.00 bits per heavy atom. The van der Waals surface area contributed by atoms with Crippen molar-refractivity contribution in [2.24, 2.45) is 28.6 Å². The summed E-state index contributed by atoms with van der Waals surface area (Å²) in [5, 5.41) is 0. The molecule has 4 aliphatic carbocycles. The van der Waals surface area contributed by atoms with Crippen molar-refractivity contribution in [1.29, 1.82) is 0 Å². The van der Waals surface area contributed by atoms with E-state index in [-0.39, 0.29) is 35.0 Å². The van der Waals surface area contributed by atoms with Gasteiger partial charge in [0.2, 0.25) is 0 Å². The number of benzene rings is 1. The van der Waals surface area contributed by atoms with Crippen molar-refractivity contribution in [2.45, 2.75) is 90.8 Å². The van der Waals surface area contributed by atoms with E-state index in [1.807, 2.05) is 12.1 Å². The second-order valence-electron chi connectivity index (χ2n) is 12.5. The van der Waals surface area contributed by atoms with Crippen molar-refractivity contribution < 1.29 is 32.6 Å². The molecular formula is C32H44IO7P. The molecule has 3 saturated carbocycles. The van der Waals surface area contributed by atoms with Crippen LogP contribution in [0.2, 0.25) is 0 Å². The highest BCUT2D eigenvalue weighted by Gasteiger charge is 2.62. The smallest absolute Gasteiger partial charge is 0.332 e. The van der Waals surface area contributed by atoms with E-state index in [9.17, 15) is 9.59 Å². The Kier molecular flexibility index (Phi) is 10.2. The molecule has 0 radical (unpaired) electrons. The largest absolute Gasteiger partial charge is 0.462 e. The normalized spacial score (nSPS) is 35.0. The molecule has 4 aliphatic rings. The minimum atomic E-state index is -1.51. The number of carbonyl (C=O) groups excluding carboxylic acids is 2. The van der Waals surface area contributed by atoms with Crippen molar-refractivity contribution in [3.63, 3.8) is 0 Å². The molecule has 0 bridgehead atoms. The number of carbonyl (C=O) groups is 2. The molecule has 9 heteroatoms. The molecule has 0 aliphatic heterocycles. The first kappa shape index (κ1) is 31.4. The summed E-state index contributed by atoms with van der Waals surface area (Å²) in [6, 6.07) is 8.32. The molecule has 0 spiro atoms. The zero-order valence-electron chi connectivity index (χ0n) is 24.7. The lowest BCUT2D eigenvalue weighted by Gasteiger charge is -2.58. The molecule has 41 heavy (non-hydrogen) atoms. The summed E-state index contributed by atoms with van der Waals surface area (Å²) in [5.74, 6) is 1.09. The fourth-order valence-electron chi connectivity index (χ4n) is 8.62. The number of hydrogen-bond donors (Lipinski definition) is 0. The summed E-state index contributed by atoms with van der Waals surface area (Å²) < 4.78 is 31.1. The van der Waals surface area contributed by atoms with Crippen LogP contribution in [0.15, 0.2) is 35.9 Å². The lowest BCUT2D eigenvalue weighted by Crippen LogP contribution is -2.54. The summed E-state index contributed by atoms with van der Waals surface area (Å²) in [6.07, 6.45) is 10.9. The standard InChI is InChI=1S/C32H44IO7P/c1-21(34)39-25-13-16-31(3)24(19-25)9-10-26-27(31)14-17-32(28(26)11-12-30(32)40-22(2)35)20-38-41(36-4)37-18-15-23-7-5-6-8-29(23)33/h5-9,25-28,30H,10-20H2,1-4H3/t25-,26+,27-,28-,30-,31-,32+,41?/m0/s1. The Bertz CT molecular complexity index is 1140. The van der Waals surface area contributed by atoms with Crippen molar-refractivity contribution in [3.05, 3.63) is 45.0 Å². The molecule has 3 fully saturated rings. The first-order valence-corrected chi connectivity index (χ1v) is 17.2. The van der Waals surface area contributed by atoms with Gasteiger partial charge in [-0.15, -0.1) is 0 Å². The highest BCUT2D eigenvalue weighted by molar-refractivity contribution is 14.1. The first-order valence-electron chi connectivity index (χ1n) is 15.0. The van der Waals surface area contributed by atoms with E-state index in [1.54, 1.807) is 7.11 Å². The van der Waals surface area contributed by atoms with E-state index in [1.165, 1.54) is 28.6 Å². The first-order chi connectivity index (χ1) is 19.7. The number of hydrogen-bond acceptors (Lipinski definition) is 7. The molecule has 0 amide bonds. The maximum absolute atomic E-state index is 12.2. The van der Waals surface area contributed by atoms with Gasteiger partial charge < -0.3 is 23.0 Å². The van der Waals surface area contributed by atoms with Gasteiger partial charge in [-0.3, -0.25) is 9.59 Å². The molecule has 1 aromatic carbocycles. The molecular weight excluding hydrogens is 654 g/mol. The van der Waals surface area contributed by atoms with Crippen LogP contribution >= 0.6 is 31.2 Å². The van der Waals surface area contributed by atoms with Crippen LogP contribution in [0.5, 0.6) is 0 Å². The van der Waals surface area contributed by atoms with Gasteiger partial charge in [0.05, 0.1) is 13.2 Å². The highest BCUT2D eigenvalue weighted by Crippen LogP contribution is 2.66. The molecule has 226 valence electrons. The van der Waals surface area contributed by atoms with Crippen LogP contribution in [0.1, 0.15) is 77.7 Å². The number of rotatable bonds is 10. The second-order valence-corrected chi connectivity index (χ2v) is 15.0. The fraction of sp³-hybridized carbons (Fsp3) is 0.688. The summed E-state index contributed by atoms with van der Waals surface area (Å²) >= 11 is 2.35. The summed E-state index contributed by atoms with van der Waals surface area (Å²) in [5.41, 5.74) is 2.62. The van der Waals surface area contributed by atoms with E-state index < -0.39 is 8.60 Å². The van der Waals surface area contributed by atoms with Gasteiger partial charge >= 0.3 is 20.5 Å². The highest BCUT2D eigenvalue weighted by atomic mass is 127. The average molecular weight is 699 g/mol. The average Bonchev–Trinajstić information content (AvgIpc) is 3.29. The van der Waals surface area contributed by atoms with Gasteiger partial charge in [-0.05, 0) is 109 Å². The predicted octanol–water partition coefficient (Wildman–Crippen LogP) is 7.55. The van der Waals surface area contributed by atoms with Crippen LogP contribution in [0.3, 0.4) is 0 Å². The SMILES string of the molecule is COP(OCCc1ccccc1I)OC[C@]12CC[C@H]3[C@@H](CC=C4C[C@@H](OC(C)=O)CC[C@@]43C)[C@@H]1CC[C@@H]2OC(C)=O. The number of allylic oxidation sites excluding steroid dienone is 1. The third-order valence-electron chi connectivity index (χ3n) is 10.5. The van der Waals surface area contributed by atoms with E-state index in [0.29, 0.717) is 31.0 Å². The molecule has 0 N–H and O–H groups in total. The van der Waals surface area contributed by atoms with E-state index in [4.69, 9.17) is 23.0 Å². The summed E-state index contributed by atoms with van der Waals surface area (Å²) in [7, 11) is 0.133. The van der Waals surface area contributed by atoms with E-state index in [0.717, 1.165) is 57.8 Å². The van der Waals surface area contributed by atoms with Crippen LogP contribution in [-0.2, 0) is 39.1 Å². The zero-order chi connectivity index (χ0) is 29.2. The zero-order valence-corrected chi connectivity index (χ0v) is 27.8. The number of esters is 2. The van der Waals surface area contributed by atoms with Gasteiger partial charge in [-0.25, -0.2) is 0 Å². The Morgan fingerprint density at radius 2 is 1.78 bits per heavy atom. The topological polar surface area (TPSA) is 80.3 Å². The predicted molar refractivity (Wildman–Crippen MR) is 166 cm³/mol. The Labute approximate surface area is 259 Å². The lowest BCUT2D eigenvalue weighted by molar-refractivity contribution is -0.162. The van der Waals surface area contributed by atoms with Crippen LogP contribution < -0.4 is 0 Å². The summed E-state index contributed by atoms with van der Waals surface area (Å²) in [4.78, 5) is 23.8. The third kappa shape index (κ3) is 6.57. The van der Waals surface area contributed by atoms with Gasteiger partial charge in [0.15, 0.2) is 0 Å². The van der Waals surface area contributed by atoms with Gasteiger partial charge in [0.1, 0.15) is 12.2 Å². The Hall–Kier alpha value is -1.06. The number of fused-ring (bicyclic) bond motifs is 5. The minimum Gasteiger partial charge on any atom is -0.462 e. The van der Waals surface area contributed by atoms with E-state index >= 15 is 0 Å². The maximum Gasteiger partial charge on any atom is 0.332 e. The van der Waals surface area contributed by atoms with Gasteiger partial charge in [-0.1, -0.05) is 36.8 Å². The molecule has 1 unspecified atom stereocenters. The maximum atomic E-state index is 12.2. The molecule has 0 heterocycles. The second kappa shape index (κ2) is 13.3.